The summed E-state index contributed by atoms with van der Waals surface area (Å²) in [6, 6.07) is 9.48. The highest BCUT2D eigenvalue weighted by molar-refractivity contribution is 7.14. The summed E-state index contributed by atoms with van der Waals surface area (Å²) in [5.41, 5.74) is 2.56. The molecule has 2 rings (SSSR count). The number of nitrogens with zero attached hydrogens (tertiary/aromatic N) is 1. The number of benzene rings is 1. The van der Waals surface area contributed by atoms with Gasteiger partial charge < -0.3 is 10.1 Å². The molecule has 0 aliphatic heterocycles. The van der Waals surface area contributed by atoms with Crippen LogP contribution in [0.25, 0.3) is 0 Å². The third-order valence-electron chi connectivity index (χ3n) is 2.79. The highest BCUT2D eigenvalue weighted by atomic mass is 35.5. The molecule has 0 bridgehead atoms. The van der Waals surface area contributed by atoms with Crippen molar-refractivity contribution >= 4 is 28.6 Å². The molecule has 0 saturated heterocycles. The zero-order chi connectivity index (χ0) is 13.8. The van der Waals surface area contributed by atoms with Crippen LogP contribution in [0.4, 0.5) is 5.69 Å². The van der Waals surface area contributed by atoms with Crippen molar-refractivity contribution in [3.8, 4) is 11.8 Å². The maximum absolute atomic E-state index is 8.87. The number of halogens is 1. The van der Waals surface area contributed by atoms with Crippen LogP contribution in [0.15, 0.2) is 29.6 Å². The van der Waals surface area contributed by atoms with Crippen LogP contribution < -0.4 is 10.1 Å². The molecular weight excluding hydrogens is 280 g/mol. The fraction of sp³-hybridized carbons (Fsp3) is 0.214. The molecule has 0 fully saturated rings. The summed E-state index contributed by atoms with van der Waals surface area (Å²) in [4.78, 5) is 0. The number of thiophene rings is 1. The standard InChI is InChI=1S/C14H13ClN2OS/c1-9(11-6-14(15)19-8-11)17-12-4-3-10(7-16)5-13(12)18-2/h3-6,8-9,17H,1-2H3. The van der Waals surface area contributed by atoms with E-state index in [4.69, 9.17) is 21.6 Å². The van der Waals surface area contributed by atoms with Crippen LogP contribution in [0.2, 0.25) is 4.34 Å². The normalized spacial score (nSPS) is 11.7. The Labute approximate surface area is 121 Å². The SMILES string of the molecule is COc1cc(C#N)ccc1NC(C)c1csc(Cl)c1. The molecule has 5 heteroatoms. The summed E-state index contributed by atoms with van der Waals surface area (Å²) in [7, 11) is 1.59. The van der Waals surface area contributed by atoms with Gasteiger partial charge in [0.2, 0.25) is 0 Å². The van der Waals surface area contributed by atoms with E-state index in [2.05, 4.69) is 18.3 Å². The van der Waals surface area contributed by atoms with Crippen LogP contribution in [0, 0.1) is 11.3 Å². The van der Waals surface area contributed by atoms with Crippen LogP contribution in [0.5, 0.6) is 5.75 Å². The van der Waals surface area contributed by atoms with Gasteiger partial charge in [0.1, 0.15) is 5.75 Å². The molecule has 1 N–H and O–H groups in total. The first-order valence-electron chi connectivity index (χ1n) is 5.72. The quantitative estimate of drug-likeness (QED) is 0.905. The van der Waals surface area contributed by atoms with E-state index in [-0.39, 0.29) is 6.04 Å². The number of methoxy groups -OCH3 is 1. The Balaban J connectivity index is 2.21. The molecule has 2 aromatic rings. The van der Waals surface area contributed by atoms with E-state index in [0.717, 1.165) is 15.6 Å². The first-order chi connectivity index (χ1) is 9.13. The molecule has 3 nitrogen and oxygen atoms in total. The maximum Gasteiger partial charge on any atom is 0.143 e. The number of ether oxygens (including phenoxy) is 1. The predicted octanol–water partition coefficient (Wildman–Crippen LogP) is 4.45. The lowest BCUT2D eigenvalue weighted by Gasteiger charge is -2.16. The van der Waals surface area contributed by atoms with E-state index in [0.29, 0.717) is 11.3 Å². The Morgan fingerprint density at radius 3 is 2.79 bits per heavy atom. The van der Waals surface area contributed by atoms with Crippen LogP contribution in [0.1, 0.15) is 24.1 Å². The molecule has 0 aliphatic carbocycles. The maximum atomic E-state index is 8.87. The molecule has 1 aromatic heterocycles. The molecule has 1 heterocycles. The molecule has 1 aromatic carbocycles. The fourth-order valence-corrected chi connectivity index (χ4v) is 2.73. The molecule has 19 heavy (non-hydrogen) atoms. The van der Waals surface area contributed by atoms with Crippen molar-refractivity contribution in [3.63, 3.8) is 0 Å². The van der Waals surface area contributed by atoms with E-state index in [1.165, 1.54) is 11.3 Å². The van der Waals surface area contributed by atoms with Crippen molar-refractivity contribution in [1.82, 2.24) is 0 Å². The van der Waals surface area contributed by atoms with Crippen LogP contribution in [-0.2, 0) is 0 Å². The largest absolute Gasteiger partial charge is 0.495 e. The molecule has 0 amide bonds. The Hall–Kier alpha value is -1.70. The van der Waals surface area contributed by atoms with Crippen LogP contribution in [0.3, 0.4) is 0 Å². The van der Waals surface area contributed by atoms with Crippen molar-refractivity contribution in [2.75, 3.05) is 12.4 Å². The Bertz CT molecular complexity index is 618. The number of nitrogens with one attached hydrogen (secondary N) is 1. The molecule has 98 valence electrons. The minimum atomic E-state index is 0.116. The van der Waals surface area contributed by atoms with Gasteiger partial charge in [-0.2, -0.15) is 5.26 Å². The van der Waals surface area contributed by atoms with Gasteiger partial charge in [-0.1, -0.05) is 11.6 Å². The average molecular weight is 293 g/mol. The third kappa shape index (κ3) is 3.19. The average Bonchev–Trinajstić information content (AvgIpc) is 2.86. The highest BCUT2D eigenvalue weighted by Crippen LogP contribution is 2.31. The van der Waals surface area contributed by atoms with Crippen LogP contribution >= 0.6 is 22.9 Å². The van der Waals surface area contributed by atoms with Gasteiger partial charge in [-0.15, -0.1) is 11.3 Å². The van der Waals surface area contributed by atoms with Crippen molar-refractivity contribution < 1.29 is 4.74 Å². The molecule has 1 unspecified atom stereocenters. The summed E-state index contributed by atoms with van der Waals surface area (Å²) in [6.07, 6.45) is 0. The number of anilines is 1. The van der Waals surface area contributed by atoms with E-state index >= 15 is 0 Å². The number of hydrogen-bond acceptors (Lipinski definition) is 4. The van der Waals surface area contributed by atoms with Gasteiger partial charge in [0, 0.05) is 12.1 Å². The van der Waals surface area contributed by atoms with Gasteiger partial charge in [0.25, 0.3) is 0 Å². The molecule has 0 radical (unpaired) electrons. The topological polar surface area (TPSA) is 45.0 Å². The predicted molar refractivity (Wildman–Crippen MR) is 79.1 cm³/mol. The summed E-state index contributed by atoms with van der Waals surface area (Å²) in [5, 5.41) is 14.3. The second-order valence-corrected chi connectivity index (χ2v) is 5.62. The monoisotopic (exact) mass is 292 g/mol. The van der Waals surface area contributed by atoms with Crippen molar-refractivity contribution in [1.29, 1.82) is 5.26 Å². The molecular formula is C14H13ClN2OS. The summed E-state index contributed by atoms with van der Waals surface area (Å²) >= 11 is 7.45. The third-order valence-corrected chi connectivity index (χ3v) is 3.90. The van der Waals surface area contributed by atoms with E-state index < -0.39 is 0 Å². The van der Waals surface area contributed by atoms with E-state index in [1.807, 2.05) is 17.5 Å². The molecule has 0 spiro atoms. The Morgan fingerprint density at radius 1 is 1.42 bits per heavy atom. The Morgan fingerprint density at radius 2 is 2.21 bits per heavy atom. The van der Waals surface area contributed by atoms with Crippen molar-refractivity contribution in [2.24, 2.45) is 0 Å². The number of nitriles is 1. The van der Waals surface area contributed by atoms with Gasteiger partial charge in [-0.05, 0) is 36.1 Å². The lowest BCUT2D eigenvalue weighted by atomic mass is 10.1. The van der Waals surface area contributed by atoms with Crippen LogP contribution in [-0.4, -0.2) is 7.11 Å². The first-order valence-corrected chi connectivity index (χ1v) is 6.98. The highest BCUT2D eigenvalue weighted by Gasteiger charge is 2.11. The van der Waals surface area contributed by atoms with Gasteiger partial charge in [-0.3, -0.25) is 0 Å². The summed E-state index contributed by atoms with van der Waals surface area (Å²) in [5.74, 6) is 0.659. The summed E-state index contributed by atoms with van der Waals surface area (Å²) < 4.78 is 6.07. The van der Waals surface area contributed by atoms with Gasteiger partial charge in [-0.25, -0.2) is 0 Å². The molecule has 0 saturated carbocycles. The number of hydrogen-bond donors (Lipinski definition) is 1. The second kappa shape index (κ2) is 5.96. The van der Waals surface area contributed by atoms with Gasteiger partial charge >= 0.3 is 0 Å². The molecule has 0 aliphatic rings. The smallest absolute Gasteiger partial charge is 0.143 e. The fourth-order valence-electron chi connectivity index (χ4n) is 1.75. The van der Waals surface area contributed by atoms with E-state index in [9.17, 15) is 0 Å². The second-order valence-electron chi connectivity index (χ2n) is 4.08. The van der Waals surface area contributed by atoms with Crippen molar-refractivity contribution in [2.45, 2.75) is 13.0 Å². The minimum Gasteiger partial charge on any atom is -0.495 e. The molecule has 1 atom stereocenters. The van der Waals surface area contributed by atoms with Crippen molar-refractivity contribution in [3.05, 3.63) is 45.1 Å². The lowest BCUT2D eigenvalue weighted by molar-refractivity contribution is 0.416. The minimum absolute atomic E-state index is 0.116. The zero-order valence-corrected chi connectivity index (χ0v) is 12.2. The zero-order valence-electron chi connectivity index (χ0n) is 10.6. The van der Waals surface area contributed by atoms with E-state index in [1.54, 1.807) is 19.2 Å². The first kappa shape index (κ1) is 13.7. The Kier molecular flexibility index (Phi) is 4.31. The number of rotatable bonds is 4. The lowest BCUT2D eigenvalue weighted by Crippen LogP contribution is -2.06. The van der Waals surface area contributed by atoms with Gasteiger partial charge in [0.05, 0.1) is 28.8 Å². The van der Waals surface area contributed by atoms with Gasteiger partial charge in [0.15, 0.2) is 0 Å². The summed E-state index contributed by atoms with van der Waals surface area (Å²) in [6.45, 7) is 2.05.